The Bertz CT molecular complexity index is 716. The highest BCUT2D eigenvalue weighted by Gasteiger charge is 2.54. The number of ether oxygens (including phenoxy) is 2. The van der Waals surface area contributed by atoms with Gasteiger partial charge in [0.15, 0.2) is 5.16 Å². The van der Waals surface area contributed by atoms with E-state index in [1.165, 1.54) is 30.2 Å². The zero-order chi connectivity index (χ0) is 15.7. The van der Waals surface area contributed by atoms with Gasteiger partial charge in [0.2, 0.25) is 11.5 Å². The molecular weight excluding hydrogens is 344 g/mol. The number of methoxy groups -OCH3 is 1. The number of carbonyl (C=O) groups is 1. The quantitative estimate of drug-likeness (QED) is 0.463. The molecule has 1 aliphatic carbocycles. The highest BCUT2D eigenvalue weighted by atomic mass is 35.5. The summed E-state index contributed by atoms with van der Waals surface area (Å²) >= 11 is 8.82. The van der Waals surface area contributed by atoms with Crippen LogP contribution in [0.3, 0.4) is 0 Å². The van der Waals surface area contributed by atoms with Crippen molar-refractivity contribution < 1.29 is 14.3 Å². The van der Waals surface area contributed by atoms with E-state index in [1.807, 2.05) is 18.4 Å². The number of nitrogens with zero attached hydrogens (tertiary/aromatic N) is 2. The summed E-state index contributed by atoms with van der Waals surface area (Å²) in [6.07, 6.45) is 3.16. The van der Waals surface area contributed by atoms with Crippen LogP contribution in [0.5, 0.6) is 5.88 Å². The Morgan fingerprint density at radius 2 is 2.18 bits per heavy atom. The average molecular weight is 357 g/mol. The number of thioether (sulfide) groups is 1. The van der Waals surface area contributed by atoms with E-state index >= 15 is 0 Å². The summed E-state index contributed by atoms with van der Waals surface area (Å²) in [6.45, 7) is 0. The highest BCUT2D eigenvalue weighted by Crippen LogP contribution is 2.42. The second kappa shape index (κ2) is 6.06. The molecule has 0 aliphatic heterocycles. The fourth-order valence-electron chi connectivity index (χ4n) is 1.97. The van der Waals surface area contributed by atoms with E-state index in [0.29, 0.717) is 28.2 Å². The molecule has 0 saturated heterocycles. The molecule has 8 heteroatoms. The van der Waals surface area contributed by atoms with Gasteiger partial charge in [0.1, 0.15) is 0 Å². The summed E-state index contributed by atoms with van der Waals surface area (Å²) in [4.78, 5) is 21.5. The lowest BCUT2D eigenvalue weighted by molar-refractivity contribution is -0.151. The first-order chi connectivity index (χ1) is 10.6. The predicted octanol–water partition coefficient (Wildman–Crippen LogP) is 3.66. The van der Waals surface area contributed by atoms with Crippen LogP contribution in [0.1, 0.15) is 12.8 Å². The minimum Gasteiger partial charge on any atom is -0.466 e. The van der Waals surface area contributed by atoms with Gasteiger partial charge in [-0.3, -0.25) is 0 Å². The predicted molar refractivity (Wildman–Crippen MR) is 86.7 cm³/mol. The smallest absolute Gasteiger partial charge is 0.350 e. The Kier molecular flexibility index (Phi) is 4.29. The summed E-state index contributed by atoms with van der Waals surface area (Å²) in [5.41, 5.74) is -0.157. The van der Waals surface area contributed by atoms with Crippen molar-refractivity contribution in [2.75, 3.05) is 13.4 Å². The maximum absolute atomic E-state index is 11.8. The zero-order valence-electron chi connectivity index (χ0n) is 12.0. The van der Waals surface area contributed by atoms with Gasteiger partial charge in [-0.1, -0.05) is 23.4 Å². The number of hydrogen-bond acceptors (Lipinski definition) is 7. The number of halogens is 1. The van der Waals surface area contributed by atoms with E-state index in [1.54, 1.807) is 6.07 Å². The lowest BCUT2D eigenvalue weighted by atomic mass is 10.3. The lowest BCUT2D eigenvalue weighted by Gasteiger charge is -2.15. The van der Waals surface area contributed by atoms with Gasteiger partial charge in [-0.15, -0.1) is 11.3 Å². The summed E-state index contributed by atoms with van der Waals surface area (Å²) in [6, 6.07) is 5.45. The van der Waals surface area contributed by atoms with Gasteiger partial charge >= 0.3 is 5.97 Å². The third-order valence-electron chi connectivity index (χ3n) is 3.25. The van der Waals surface area contributed by atoms with Gasteiger partial charge in [0.05, 0.1) is 22.0 Å². The molecule has 0 amide bonds. The van der Waals surface area contributed by atoms with Gasteiger partial charge < -0.3 is 9.47 Å². The minimum atomic E-state index is -0.886. The van der Waals surface area contributed by atoms with Crippen LogP contribution in [0.4, 0.5) is 0 Å². The molecule has 1 saturated carbocycles. The Hall–Kier alpha value is -1.31. The van der Waals surface area contributed by atoms with Gasteiger partial charge in [-0.2, -0.15) is 4.98 Å². The van der Waals surface area contributed by atoms with E-state index in [9.17, 15) is 4.79 Å². The fourth-order valence-corrected chi connectivity index (χ4v) is 3.35. The molecule has 0 spiro atoms. The van der Waals surface area contributed by atoms with Crippen molar-refractivity contribution in [3.05, 3.63) is 22.5 Å². The van der Waals surface area contributed by atoms with Crippen molar-refractivity contribution in [3.63, 3.8) is 0 Å². The molecule has 5 nitrogen and oxygen atoms in total. The Morgan fingerprint density at radius 1 is 1.41 bits per heavy atom. The maximum Gasteiger partial charge on any atom is 0.350 e. The number of rotatable bonds is 5. The van der Waals surface area contributed by atoms with Crippen molar-refractivity contribution in [1.29, 1.82) is 0 Å². The van der Waals surface area contributed by atoms with Crippen molar-refractivity contribution in [3.8, 4) is 16.5 Å². The van der Waals surface area contributed by atoms with Gasteiger partial charge in [-0.25, -0.2) is 9.78 Å². The number of carbonyl (C=O) groups excluding carboxylic acids is 1. The summed E-state index contributed by atoms with van der Waals surface area (Å²) < 4.78 is 11.3. The molecule has 1 fully saturated rings. The fraction of sp³-hybridized carbons (Fsp3) is 0.357. The Morgan fingerprint density at radius 3 is 2.73 bits per heavy atom. The number of esters is 1. The van der Waals surface area contributed by atoms with E-state index in [2.05, 4.69) is 9.97 Å². The molecule has 22 heavy (non-hydrogen) atoms. The van der Waals surface area contributed by atoms with E-state index < -0.39 is 5.60 Å². The van der Waals surface area contributed by atoms with Crippen LogP contribution in [-0.2, 0) is 9.53 Å². The third kappa shape index (κ3) is 3.06. The molecule has 0 atom stereocenters. The molecule has 2 heterocycles. The summed E-state index contributed by atoms with van der Waals surface area (Å²) in [5, 5.41) is 0.581. The van der Waals surface area contributed by atoms with E-state index in [4.69, 9.17) is 21.1 Å². The molecule has 0 bridgehead atoms. The molecule has 0 radical (unpaired) electrons. The number of thiophene rings is 1. The number of aromatic nitrogens is 2. The molecule has 2 aromatic heterocycles. The third-order valence-corrected chi connectivity index (χ3v) is 5.05. The van der Waals surface area contributed by atoms with Crippen molar-refractivity contribution >= 4 is 40.7 Å². The first-order valence-electron chi connectivity index (χ1n) is 6.52. The van der Waals surface area contributed by atoms with Crippen LogP contribution < -0.4 is 4.74 Å². The Balaban J connectivity index is 1.93. The topological polar surface area (TPSA) is 61.3 Å². The average Bonchev–Trinajstić information content (AvgIpc) is 3.18. The summed E-state index contributed by atoms with van der Waals surface area (Å²) in [5.74, 6) is 0.0132. The minimum absolute atomic E-state index is 0.363. The monoisotopic (exact) mass is 356 g/mol. The second-order valence-electron chi connectivity index (χ2n) is 4.77. The second-order valence-corrected chi connectivity index (χ2v) is 7.26. The first kappa shape index (κ1) is 15.6. The van der Waals surface area contributed by atoms with Crippen LogP contribution in [0.15, 0.2) is 23.4 Å². The van der Waals surface area contributed by atoms with Crippen LogP contribution in [-0.4, -0.2) is 34.9 Å². The molecule has 2 aromatic rings. The molecular formula is C14H13ClN2O3S2. The van der Waals surface area contributed by atoms with Crippen molar-refractivity contribution in [1.82, 2.24) is 9.97 Å². The Labute approximate surface area is 141 Å². The van der Waals surface area contributed by atoms with Crippen LogP contribution in [0.2, 0.25) is 4.34 Å². The SMILES string of the molecule is COC(=O)C1(Oc2cc(-c3ccc(Cl)s3)nc(SC)n2)CC1. The lowest BCUT2D eigenvalue weighted by Crippen LogP contribution is -2.31. The van der Waals surface area contributed by atoms with Crippen LogP contribution in [0.25, 0.3) is 10.6 Å². The molecule has 0 N–H and O–H groups in total. The van der Waals surface area contributed by atoms with Gasteiger partial charge in [0, 0.05) is 18.9 Å². The van der Waals surface area contributed by atoms with Crippen LogP contribution in [0, 0.1) is 0 Å². The normalized spacial score (nSPS) is 15.4. The largest absolute Gasteiger partial charge is 0.466 e. The highest BCUT2D eigenvalue weighted by molar-refractivity contribution is 7.98. The maximum atomic E-state index is 11.8. The van der Waals surface area contributed by atoms with E-state index in [0.717, 1.165) is 10.6 Å². The number of hydrogen-bond donors (Lipinski definition) is 0. The first-order valence-corrected chi connectivity index (χ1v) is 8.94. The molecule has 3 rings (SSSR count). The standard InChI is InChI=1S/C14H13ClN2O3S2/c1-19-12(18)14(5-6-14)20-11-7-8(16-13(17-11)21-2)9-3-4-10(15)22-9/h3-4,7H,5-6H2,1-2H3. The van der Waals surface area contributed by atoms with Crippen molar-refractivity contribution in [2.45, 2.75) is 23.6 Å². The van der Waals surface area contributed by atoms with Gasteiger partial charge in [0.25, 0.3) is 0 Å². The molecule has 116 valence electrons. The molecule has 1 aliphatic rings. The van der Waals surface area contributed by atoms with Crippen LogP contribution >= 0.6 is 34.7 Å². The van der Waals surface area contributed by atoms with E-state index in [-0.39, 0.29) is 5.97 Å². The zero-order valence-corrected chi connectivity index (χ0v) is 14.3. The summed E-state index contributed by atoms with van der Waals surface area (Å²) in [7, 11) is 1.36. The van der Waals surface area contributed by atoms with Gasteiger partial charge in [-0.05, 0) is 18.4 Å². The molecule has 0 unspecified atom stereocenters. The van der Waals surface area contributed by atoms with Crippen molar-refractivity contribution in [2.24, 2.45) is 0 Å². The molecule has 0 aromatic carbocycles.